The summed E-state index contributed by atoms with van der Waals surface area (Å²) in [7, 11) is 0. The number of hydrogen-bond donors (Lipinski definition) is 6. The van der Waals surface area contributed by atoms with E-state index < -0.39 is 47.9 Å². The molecule has 0 saturated heterocycles. The van der Waals surface area contributed by atoms with Gasteiger partial charge in [-0.2, -0.15) is 0 Å². The van der Waals surface area contributed by atoms with Crippen molar-refractivity contribution in [2.24, 2.45) is 5.73 Å². The van der Waals surface area contributed by atoms with Crippen LogP contribution in [0.15, 0.2) is 60.7 Å². The van der Waals surface area contributed by atoms with Gasteiger partial charge >= 0.3 is 5.97 Å². The van der Waals surface area contributed by atoms with E-state index in [2.05, 4.69) is 16.0 Å². The van der Waals surface area contributed by atoms with Crippen LogP contribution < -0.4 is 21.7 Å². The smallest absolute Gasteiger partial charge is 0.326 e. The molecule has 0 unspecified atom stereocenters. The van der Waals surface area contributed by atoms with Crippen LogP contribution in [0.25, 0.3) is 0 Å². The minimum absolute atomic E-state index is 0.0194. The molecule has 2 rings (SSSR count). The van der Waals surface area contributed by atoms with Crippen molar-refractivity contribution in [3.8, 4) is 0 Å². The van der Waals surface area contributed by atoms with Crippen LogP contribution in [0.3, 0.4) is 0 Å². The number of hydrogen-bond acceptors (Lipinski definition) is 6. The third-order valence-corrected chi connectivity index (χ3v) is 5.08. The molecule has 0 aliphatic rings. The first-order chi connectivity index (χ1) is 16.2. The molecular formula is C24H30N4O6. The first-order valence-corrected chi connectivity index (χ1v) is 10.8. The first-order valence-electron chi connectivity index (χ1n) is 10.8. The van der Waals surface area contributed by atoms with Crippen molar-refractivity contribution in [2.45, 2.75) is 44.0 Å². The number of aliphatic hydroxyl groups excluding tert-OH is 1. The number of carboxylic acid groups (broad SMARTS) is 1. The molecule has 0 spiro atoms. The Morgan fingerprint density at radius 2 is 1.29 bits per heavy atom. The van der Waals surface area contributed by atoms with Gasteiger partial charge in [-0.05, 0) is 18.1 Å². The Bertz CT molecular complexity index is 968. The van der Waals surface area contributed by atoms with Gasteiger partial charge in [0.25, 0.3) is 0 Å². The van der Waals surface area contributed by atoms with Crippen LogP contribution in [0.4, 0.5) is 0 Å². The molecule has 0 bridgehead atoms. The molecule has 7 N–H and O–H groups in total. The third kappa shape index (κ3) is 8.30. The second-order valence-electron chi connectivity index (χ2n) is 7.83. The van der Waals surface area contributed by atoms with Crippen molar-refractivity contribution in [3.05, 3.63) is 71.8 Å². The lowest BCUT2D eigenvalue weighted by Gasteiger charge is -2.26. The summed E-state index contributed by atoms with van der Waals surface area (Å²) >= 11 is 0. The van der Waals surface area contributed by atoms with Crippen LogP contribution in [0.5, 0.6) is 0 Å². The number of carbonyl (C=O) groups excluding carboxylic acids is 3. The lowest BCUT2D eigenvalue weighted by molar-refractivity contribution is -0.143. The van der Waals surface area contributed by atoms with Crippen LogP contribution >= 0.6 is 0 Å². The number of carbonyl (C=O) groups is 4. The Morgan fingerprint density at radius 3 is 1.74 bits per heavy atom. The van der Waals surface area contributed by atoms with Crippen LogP contribution in [-0.4, -0.2) is 64.7 Å². The predicted octanol–water partition coefficient (Wildman–Crippen LogP) is -0.650. The van der Waals surface area contributed by atoms with Gasteiger partial charge in [0.05, 0.1) is 12.6 Å². The highest BCUT2D eigenvalue weighted by Gasteiger charge is 2.32. The van der Waals surface area contributed by atoms with Crippen LogP contribution in [0.2, 0.25) is 0 Å². The van der Waals surface area contributed by atoms with E-state index in [1.165, 1.54) is 6.92 Å². The van der Waals surface area contributed by atoms with Crippen molar-refractivity contribution in [1.82, 2.24) is 16.0 Å². The molecule has 0 heterocycles. The molecule has 2 aromatic rings. The molecule has 3 amide bonds. The van der Waals surface area contributed by atoms with E-state index in [1.54, 1.807) is 60.7 Å². The summed E-state index contributed by atoms with van der Waals surface area (Å²) in [4.78, 5) is 49.3. The highest BCUT2D eigenvalue weighted by atomic mass is 16.4. The molecule has 0 aromatic heterocycles. The SMILES string of the molecule is C[C@@H](O)[C@H](NC(=O)[C@H](Cc1ccccc1)NC(=O)CN)C(=O)N[C@@H](Cc1ccccc1)C(=O)O. The monoisotopic (exact) mass is 470 g/mol. The van der Waals surface area contributed by atoms with Gasteiger partial charge in [0.1, 0.15) is 18.1 Å². The summed E-state index contributed by atoms with van der Waals surface area (Å²) in [5.74, 6) is -3.41. The molecular weight excluding hydrogens is 440 g/mol. The quantitative estimate of drug-likeness (QED) is 0.239. The van der Waals surface area contributed by atoms with E-state index in [0.29, 0.717) is 5.56 Å². The zero-order chi connectivity index (χ0) is 25.1. The average Bonchev–Trinajstić information content (AvgIpc) is 2.82. The molecule has 0 aliphatic heterocycles. The van der Waals surface area contributed by atoms with E-state index in [0.717, 1.165) is 5.56 Å². The zero-order valence-electron chi connectivity index (χ0n) is 18.8. The second kappa shape index (κ2) is 13.1. The van der Waals surface area contributed by atoms with E-state index >= 15 is 0 Å². The van der Waals surface area contributed by atoms with Crippen molar-refractivity contribution >= 4 is 23.7 Å². The Kier molecular flexibility index (Phi) is 10.2. The number of benzene rings is 2. The fourth-order valence-electron chi connectivity index (χ4n) is 3.28. The average molecular weight is 471 g/mol. The highest BCUT2D eigenvalue weighted by molar-refractivity contribution is 5.94. The maximum absolute atomic E-state index is 13.0. The lowest BCUT2D eigenvalue weighted by Crippen LogP contribution is -2.59. The predicted molar refractivity (Wildman–Crippen MR) is 124 cm³/mol. The summed E-state index contributed by atoms with van der Waals surface area (Å²) in [6, 6.07) is 13.9. The van der Waals surface area contributed by atoms with E-state index in [4.69, 9.17) is 5.73 Å². The van der Waals surface area contributed by atoms with Crippen molar-refractivity contribution in [3.63, 3.8) is 0 Å². The van der Waals surface area contributed by atoms with Gasteiger partial charge in [-0.1, -0.05) is 60.7 Å². The van der Waals surface area contributed by atoms with Gasteiger partial charge < -0.3 is 31.9 Å². The molecule has 34 heavy (non-hydrogen) atoms. The Labute approximate surface area is 197 Å². The fourth-order valence-corrected chi connectivity index (χ4v) is 3.28. The number of aliphatic carboxylic acids is 1. The third-order valence-electron chi connectivity index (χ3n) is 5.08. The first kappa shape index (κ1) is 26.5. The molecule has 0 fully saturated rings. The number of amides is 3. The largest absolute Gasteiger partial charge is 0.480 e. The minimum Gasteiger partial charge on any atom is -0.480 e. The molecule has 0 radical (unpaired) electrons. The summed E-state index contributed by atoms with van der Waals surface area (Å²) in [6.07, 6.45) is -1.19. The normalized spacial score (nSPS) is 14.2. The number of nitrogens with one attached hydrogen (secondary N) is 3. The maximum Gasteiger partial charge on any atom is 0.326 e. The number of nitrogens with two attached hydrogens (primary N) is 1. The summed E-state index contributed by atoms with van der Waals surface area (Å²) in [5, 5.41) is 27.0. The lowest BCUT2D eigenvalue weighted by atomic mass is 10.0. The highest BCUT2D eigenvalue weighted by Crippen LogP contribution is 2.07. The van der Waals surface area contributed by atoms with Crippen LogP contribution in [0.1, 0.15) is 18.1 Å². The van der Waals surface area contributed by atoms with E-state index in [1.807, 2.05) is 0 Å². The van der Waals surface area contributed by atoms with Crippen molar-refractivity contribution in [2.75, 3.05) is 6.54 Å². The molecule has 0 saturated carbocycles. The Morgan fingerprint density at radius 1 is 0.794 bits per heavy atom. The molecule has 182 valence electrons. The summed E-state index contributed by atoms with van der Waals surface area (Å²) in [6.45, 7) is 0.959. The zero-order valence-corrected chi connectivity index (χ0v) is 18.8. The van der Waals surface area contributed by atoms with Crippen LogP contribution in [0, 0.1) is 0 Å². The topological polar surface area (TPSA) is 171 Å². The van der Waals surface area contributed by atoms with Gasteiger partial charge in [-0.3, -0.25) is 14.4 Å². The van der Waals surface area contributed by atoms with E-state index in [-0.39, 0.29) is 19.4 Å². The minimum atomic E-state index is -1.45. The summed E-state index contributed by atoms with van der Waals surface area (Å²) < 4.78 is 0. The number of rotatable bonds is 12. The van der Waals surface area contributed by atoms with Gasteiger partial charge in [-0.15, -0.1) is 0 Å². The molecule has 10 nitrogen and oxygen atoms in total. The standard InChI is InChI=1S/C24H30N4O6/c1-15(29)21(23(32)27-19(24(33)34)13-17-10-6-3-7-11-17)28-22(31)18(26-20(30)14-25)12-16-8-4-2-5-9-16/h2-11,15,18-19,21,29H,12-14,25H2,1H3,(H,26,30)(H,27,32)(H,28,31)(H,33,34)/t15-,18+,19+,21+/m1/s1. The Balaban J connectivity index is 2.14. The molecule has 2 aromatic carbocycles. The summed E-state index contributed by atoms with van der Waals surface area (Å²) in [5.41, 5.74) is 6.81. The van der Waals surface area contributed by atoms with Crippen molar-refractivity contribution < 1.29 is 29.4 Å². The Hall–Kier alpha value is -3.76. The van der Waals surface area contributed by atoms with Crippen molar-refractivity contribution in [1.29, 1.82) is 0 Å². The van der Waals surface area contributed by atoms with Gasteiger partial charge in [-0.25, -0.2) is 4.79 Å². The molecule has 0 aliphatic carbocycles. The van der Waals surface area contributed by atoms with Gasteiger partial charge in [0.15, 0.2) is 0 Å². The van der Waals surface area contributed by atoms with Gasteiger partial charge in [0.2, 0.25) is 17.7 Å². The maximum atomic E-state index is 13.0. The van der Waals surface area contributed by atoms with E-state index in [9.17, 15) is 29.4 Å². The second-order valence-corrected chi connectivity index (χ2v) is 7.83. The van der Waals surface area contributed by atoms with Gasteiger partial charge in [0, 0.05) is 12.8 Å². The number of carboxylic acids is 1. The molecule has 4 atom stereocenters. The molecule has 10 heteroatoms. The fraction of sp³-hybridized carbons (Fsp3) is 0.333. The number of aliphatic hydroxyl groups is 1. The van der Waals surface area contributed by atoms with Crippen LogP contribution in [-0.2, 0) is 32.0 Å².